The van der Waals surface area contributed by atoms with Crippen molar-refractivity contribution in [3.05, 3.63) is 208 Å². The van der Waals surface area contributed by atoms with Gasteiger partial charge in [0.15, 0.2) is 0 Å². The zero-order valence-corrected chi connectivity index (χ0v) is 40.0. The molecule has 4 aromatic carbocycles. The minimum atomic E-state index is -5.08. The Balaban J connectivity index is 1.55. The second kappa shape index (κ2) is 17.1. The van der Waals surface area contributed by atoms with Crippen LogP contribution in [0.2, 0.25) is 20.1 Å². The minimum Gasteiger partial charge on any atom is -0.354 e. The lowest BCUT2D eigenvalue weighted by molar-refractivity contribution is 0.480. The van der Waals surface area contributed by atoms with E-state index in [-0.39, 0.29) is 109 Å². The summed E-state index contributed by atoms with van der Waals surface area (Å²) >= 11 is 25.9. The van der Waals surface area contributed by atoms with Gasteiger partial charge in [0.2, 0.25) is 0 Å². The fourth-order valence-corrected chi connectivity index (χ4v) is 13.3. The molecule has 5 heterocycles. The number of nitrogens with one attached hydrogen (secondary N) is 4. The van der Waals surface area contributed by atoms with Gasteiger partial charge in [-0.3, -0.25) is 18.2 Å². The van der Waals surface area contributed by atoms with Crippen molar-refractivity contribution in [1.29, 1.82) is 0 Å². The number of aromatic amines is 4. The van der Waals surface area contributed by atoms with E-state index in [9.17, 15) is 51.9 Å². The molecule has 68 heavy (non-hydrogen) atoms. The van der Waals surface area contributed by atoms with E-state index in [0.717, 1.165) is 0 Å². The van der Waals surface area contributed by atoms with Crippen molar-refractivity contribution in [3.63, 3.8) is 0 Å². The summed E-state index contributed by atoms with van der Waals surface area (Å²) in [5.74, 6) is 0. The number of aromatic nitrogens is 4. The average Bonchev–Trinajstić information content (AvgIpc) is 4.07. The Labute approximate surface area is 405 Å². The summed E-state index contributed by atoms with van der Waals surface area (Å²) in [5.41, 5.74) is 0.0341. The summed E-state index contributed by atoms with van der Waals surface area (Å²) in [6, 6.07) is 28.1. The van der Waals surface area contributed by atoms with Gasteiger partial charge in [0.25, 0.3) is 40.5 Å². The predicted molar refractivity (Wildman–Crippen MR) is 253 cm³/mol. The zero-order valence-electron chi connectivity index (χ0n) is 33.7. The molecule has 8 bridgehead atoms. The number of hydrogen-bond acceptors (Lipinski definition) is 8. The molecule has 24 heteroatoms. The highest BCUT2D eigenvalue weighted by Gasteiger charge is 2.30. The summed E-state index contributed by atoms with van der Waals surface area (Å²) in [6.45, 7) is 0. The van der Waals surface area contributed by atoms with Crippen molar-refractivity contribution in [2.75, 3.05) is 0 Å². The van der Waals surface area contributed by atoms with E-state index in [1.807, 2.05) is 0 Å². The molecule has 1 aliphatic rings. The molecular weight excluding hydrogens is 1050 g/mol. The Morgan fingerprint density at radius 3 is 0.691 bits per heavy atom. The van der Waals surface area contributed by atoms with Crippen LogP contribution in [0.5, 0.6) is 0 Å². The largest absolute Gasteiger partial charge is 0.354 e. The first-order valence-electron chi connectivity index (χ1n) is 19.3. The highest BCUT2D eigenvalue weighted by molar-refractivity contribution is 7.86. The van der Waals surface area contributed by atoms with Gasteiger partial charge in [-0.2, -0.15) is 33.7 Å². The fourth-order valence-electron chi connectivity index (χ4n) is 8.36. The fraction of sp³-hybridized carbons (Fsp3) is 0. The standard InChI is InChI=1S/C44H28Cl4N4O12S4/c45-25-9-1-5-21(41(25)65(53,54)55)37-29-13-15-31(49-29)38(22-6-2-10-26(46)42(22)66(56,57)58)33-17-19-35(51-33)40(24-8-4-12-28(48)44(24)68(62,63)64)36-20-18-34(52-36)39(32-16-14-30(37)50-32)23-7-3-11-27(47)43(23)67(59,60)61/h1-20,49-52H,(H,53,54,55)(H,56,57,58)(H,59,60,61)(H,62,63,64). The van der Waals surface area contributed by atoms with Gasteiger partial charge in [0.1, 0.15) is 19.6 Å². The molecule has 0 fully saturated rings. The molecule has 0 radical (unpaired) electrons. The van der Waals surface area contributed by atoms with E-state index in [4.69, 9.17) is 46.4 Å². The van der Waals surface area contributed by atoms with Gasteiger partial charge in [-0.05, 0) is 72.8 Å². The maximum Gasteiger partial charge on any atom is 0.296 e. The van der Waals surface area contributed by atoms with Crippen molar-refractivity contribution >= 4 is 109 Å². The molecule has 0 atom stereocenters. The zero-order chi connectivity index (χ0) is 48.8. The van der Waals surface area contributed by atoms with Gasteiger partial charge in [0.05, 0.1) is 20.1 Å². The third kappa shape index (κ3) is 8.46. The third-order valence-corrected chi connectivity index (χ3v) is 16.4. The highest BCUT2D eigenvalue weighted by atomic mass is 35.5. The Hall–Kier alpha value is -5.72. The summed E-state index contributed by atoms with van der Waals surface area (Å²) in [5, 5.41) is -1.00. The summed E-state index contributed by atoms with van der Waals surface area (Å²) in [4.78, 5) is 10.1. The van der Waals surface area contributed by atoms with Crippen molar-refractivity contribution in [2.45, 2.75) is 19.6 Å². The topological polar surface area (TPSA) is 281 Å². The molecule has 0 unspecified atom stereocenters. The van der Waals surface area contributed by atoms with Crippen LogP contribution in [0.4, 0.5) is 0 Å². The molecule has 0 aliphatic carbocycles. The summed E-state index contributed by atoms with van der Waals surface area (Å²) in [6.07, 6.45) is 0. The second-order valence-corrected chi connectivity index (χ2v) is 22.1. The van der Waals surface area contributed by atoms with E-state index in [0.29, 0.717) is 0 Å². The molecule has 8 N–H and O–H groups in total. The lowest BCUT2D eigenvalue weighted by atomic mass is 10.0. The maximum absolute atomic E-state index is 13.1. The number of rotatable bonds is 8. The first-order valence-corrected chi connectivity index (χ1v) is 26.5. The van der Waals surface area contributed by atoms with Crippen molar-refractivity contribution in [1.82, 2.24) is 19.9 Å². The quantitative estimate of drug-likeness (QED) is 0.0826. The molecular formula is C44H28Cl4N4O12S4. The maximum atomic E-state index is 13.1. The molecule has 9 rings (SSSR count). The van der Waals surface area contributed by atoms with Crippen LogP contribution < -0.4 is 21.4 Å². The normalized spacial score (nSPS) is 13.6. The molecule has 0 spiro atoms. The predicted octanol–water partition coefficient (Wildman–Crippen LogP) is 5.90. The monoisotopic (exact) mass is 1070 g/mol. The van der Waals surface area contributed by atoms with Gasteiger partial charge in [-0.15, -0.1) is 0 Å². The Morgan fingerprint density at radius 1 is 0.294 bits per heavy atom. The van der Waals surface area contributed by atoms with E-state index in [1.165, 1.54) is 121 Å². The molecule has 0 saturated carbocycles. The molecule has 8 aromatic rings. The van der Waals surface area contributed by atoms with Gasteiger partial charge in [-0.1, -0.05) is 94.9 Å². The minimum absolute atomic E-state index is 0.0410. The molecule has 348 valence electrons. The van der Waals surface area contributed by atoms with Crippen molar-refractivity contribution < 1.29 is 51.9 Å². The van der Waals surface area contributed by atoms with E-state index in [2.05, 4.69) is 19.9 Å². The number of benzene rings is 4. The van der Waals surface area contributed by atoms with Gasteiger partial charge in [0, 0.05) is 88.7 Å². The van der Waals surface area contributed by atoms with Gasteiger partial charge < -0.3 is 19.9 Å². The van der Waals surface area contributed by atoms with Gasteiger partial charge >= 0.3 is 0 Å². The van der Waals surface area contributed by atoms with Crippen molar-refractivity contribution in [2.24, 2.45) is 0 Å². The van der Waals surface area contributed by atoms with Crippen molar-refractivity contribution in [3.8, 4) is 0 Å². The summed E-state index contributed by atoms with van der Waals surface area (Å²) in [7, 11) is -20.3. The van der Waals surface area contributed by atoms with E-state index < -0.39 is 60.1 Å². The number of fused-ring (bicyclic) bond motifs is 8. The van der Waals surface area contributed by atoms with Crippen LogP contribution in [-0.2, 0) is 40.5 Å². The highest BCUT2D eigenvalue weighted by Crippen LogP contribution is 2.38. The number of H-pyrrole nitrogens is 4. The smallest absolute Gasteiger partial charge is 0.296 e. The van der Waals surface area contributed by atoms with Crippen LogP contribution in [0, 0.1) is 0 Å². The Morgan fingerprint density at radius 2 is 0.500 bits per heavy atom. The van der Waals surface area contributed by atoms with Crippen LogP contribution in [0.15, 0.2) is 141 Å². The number of halogens is 4. The molecule has 4 aromatic heterocycles. The van der Waals surface area contributed by atoms with Crippen LogP contribution in [0.25, 0.3) is 22.3 Å². The lowest BCUT2D eigenvalue weighted by Gasteiger charge is -2.14. The van der Waals surface area contributed by atoms with Gasteiger partial charge in [-0.25, -0.2) is 0 Å². The Kier molecular flexibility index (Phi) is 11.9. The third-order valence-electron chi connectivity index (χ3n) is 10.9. The van der Waals surface area contributed by atoms with Crippen LogP contribution in [0.1, 0.15) is 45.0 Å². The van der Waals surface area contributed by atoms with Crippen LogP contribution >= 0.6 is 46.4 Å². The first-order chi connectivity index (χ1) is 31.9. The van der Waals surface area contributed by atoms with Crippen LogP contribution in [-0.4, -0.2) is 71.8 Å². The molecule has 16 nitrogen and oxygen atoms in total. The molecule has 0 amide bonds. The lowest BCUT2D eigenvalue weighted by Crippen LogP contribution is -2.21. The first kappa shape index (κ1) is 47.4. The van der Waals surface area contributed by atoms with E-state index in [1.54, 1.807) is 0 Å². The average molecular weight is 1070 g/mol. The van der Waals surface area contributed by atoms with Crippen LogP contribution in [0.3, 0.4) is 0 Å². The SMILES string of the molecule is O=S(=O)(O)c1c(Cl)cccc1C1=c2ccc([nH]2)=C(c2cccc(Cl)c2S(=O)(=O)O)c2ccc([nH]2)C(c2cccc(Cl)c2S(=O)(=O)O)=c2ccc([nH]2)=C(c2cccc(Cl)c2S(=O)(=O)O)c2ccc1[nH]2. The molecule has 1 aliphatic heterocycles. The number of hydrogen-bond donors (Lipinski definition) is 8. The van der Waals surface area contributed by atoms with E-state index >= 15 is 0 Å². The molecule has 0 saturated heterocycles. The summed E-state index contributed by atoms with van der Waals surface area (Å²) < 4.78 is 147. The Bertz CT molecular complexity index is 3690. The second-order valence-electron chi connectivity index (χ2n) is 15.0.